The van der Waals surface area contributed by atoms with Crippen LogP contribution < -0.4 is 0 Å². The molecule has 0 aromatic rings. The van der Waals surface area contributed by atoms with E-state index in [0.29, 0.717) is 11.7 Å². The summed E-state index contributed by atoms with van der Waals surface area (Å²) in [6.07, 6.45) is 9.24. The fraction of sp³-hybridized carbons (Fsp3) is 0.300. The molecule has 0 spiro atoms. The molecule has 0 saturated heterocycles. The minimum Gasteiger partial charge on any atom is -0.294 e. The third-order valence-corrected chi connectivity index (χ3v) is 2.84. The lowest BCUT2D eigenvalue weighted by Gasteiger charge is -2.21. The second-order valence-electron chi connectivity index (χ2n) is 3.34. The zero-order valence-electron chi connectivity index (χ0n) is 6.08. The summed E-state index contributed by atoms with van der Waals surface area (Å²) < 4.78 is 0. The first-order chi connectivity index (χ1) is 5.38. The van der Waals surface area contributed by atoms with Crippen LogP contribution in [0, 0.1) is 11.8 Å². The highest BCUT2D eigenvalue weighted by molar-refractivity contribution is 6.05. The van der Waals surface area contributed by atoms with Gasteiger partial charge in [-0.15, -0.1) is 0 Å². The Bertz CT molecular complexity index is 331. The van der Waals surface area contributed by atoms with Gasteiger partial charge in [0.25, 0.3) is 0 Å². The van der Waals surface area contributed by atoms with Crippen molar-refractivity contribution in [1.29, 1.82) is 0 Å². The van der Waals surface area contributed by atoms with E-state index in [2.05, 4.69) is 18.2 Å². The first-order valence-electron chi connectivity index (χ1n) is 4.00. The molecular formula is C10H8O. The first kappa shape index (κ1) is 5.53. The van der Waals surface area contributed by atoms with E-state index in [1.54, 1.807) is 0 Å². The van der Waals surface area contributed by atoms with E-state index in [1.807, 2.05) is 6.08 Å². The second kappa shape index (κ2) is 1.55. The molecule has 11 heavy (non-hydrogen) atoms. The SMILES string of the molecule is O=C1C2=C(C=CC2)C2C=CC12. The molecule has 2 unspecified atom stereocenters. The quantitative estimate of drug-likeness (QED) is 0.472. The summed E-state index contributed by atoms with van der Waals surface area (Å²) in [4.78, 5) is 11.5. The summed E-state index contributed by atoms with van der Waals surface area (Å²) in [5.41, 5.74) is 2.37. The van der Waals surface area contributed by atoms with Gasteiger partial charge in [0.15, 0.2) is 5.78 Å². The molecule has 54 valence electrons. The Morgan fingerprint density at radius 1 is 1.27 bits per heavy atom. The number of carbonyl (C=O) groups excluding carboxylic acids is 1. The van der Waals surface area contributed by atoms with Crippen molar-refractivity contribution in [3.63, 3.8) is 0 Å². The van der Waals surface area contributed by atoms with Gasteiger partial charge in [-0.25, -0.2) is 0 Å². The second-order valence-corrected chi connectivity index (χ2v) is 3.34. The molecule has 0 radical (unpaired) electrons. The number of hydrogen-bond acceptors (Lipinski definition) is 1. The predicted octanol–water partition coefficient (Wildman–Crippen LogP) is 1.63. The summed E-state index contributed by atoms with van der Waals surface area (Å²) in [6, 6.07) is 0. The molecular weight excluding hydrogens is 136 g/mol. The van der Waals surface area contributed by atoms with Gasteiger partial charge in [-0.05, 0) is 12.0 Å². The Kier molecular flexibility index (Phi) is 0.780. The molecule has 0 N–H and O–H groups in total. The molecule has 0 amide bonds. The van der Waals surface area contributed by atoms with Crippen molar-refractivity contribution in [2.75, 3.05) is 0 Å². The fourth-order valence-electron chi connectivity index (χ4n) is 2.16. The summed E-state index contributed by atoms with van der Waals surface area (Å²) in [7, 11) is 0. The van der Waals surface area contributed by atoms with Crippen LogP contribution in [0.5, 0.6) is 0 Å². The van der Waals surface area contributed by atoms with Crippen LogP contribution in [0.25, 0.3) is 0 Å². The van der Waals surface area contributed by atoms with Gasteiger partial charge >= 0.3 is 0 Å². The minimum atomic E-state index is 0.227. The number of carbonyl (C=O) groups is 1. The van der Waals surface area contributed by atoms with Crippen molar-refractivity contribution in [2.24, 2.45) is 11.8 Å². The highest BCUT2D eigenvalue weighted by Gasteiger charge is 2.42. The summed E-state index contributed by atoms with van der Waals surface area (Å²) in [6.45, 7) is 0. The Morgan fingerprint density at radius 2 is 2.09 bits per heavy atom. The summed E-state index contributed by atoms with van der Waals surface area (Å²) in [5, 5.41) is 0. The number of hydrogen-bond donors (Lipinski definition) is 0. The van der Waals surface area contributed by atoms with Crippen LogP contribution in [0.15, 0.2) is 35.5 Å². The smallest absolute Gasteiger partial charge is 0.167 e. The van der Waals surface area contributed by atoms with Crippen LogP contribution >= 0.6 is 0 Å². The normalized spacial score (nSPS) is 37.6. The van der Waals surface area contributed by atoms with Gasteiger partial charge in [-0.3, -0.25) is 4.79 Å². The molecule has 0 aromatic carbocycles. The van der Waals surface area contributed by atoms with Crippen molar-refractivity contribution in [3.8, 4) is 0 Å². The summed E-state index contributed by atoms with van der Waals surface area (Å²) >= 11 is 0. The lowest BCUT2D eigenvalue weighted by atomic mass is 9.81. The van der Waals surface area contributed by atoms with Crippen molar-refractivity contribution in [2.45, 2.75) is 6.42 Å². The van der Waals surface area contributed by atoms with E-state index < -0.39 is 0 Å². The van der Waals surface area contributed by atoms with Crippen molar-refractivity contribution >= 4 is 5.78 Å². The minimum absolute atomic E-state index is 0.227. The average molecular weight is 144 g/mol. The predicted molar refractivity (Wildman–Crippen MR) is 41.9 cm³/mol. The zero-order valence-corrected chi connectivity index (χ0v) is 6.08. The van der Waals surface area contributed by atoms with Gasteiger partial charge in [0.2, 0.25) is 0 Å². The van der Waals surface area contributed by atoms with Gasteiger partial charge in [0, 0.05) is 11.5 Å². The van der Waals surface area contributed by atoms with Gasteiger partial charge in [-0.2, -0.15) is 0 Å². The van der Waals surface area contributed by atoms with Crippen LogP contribution in [0.1, 0.15) is 6.42 Å². The van der Waals surface area contributed by atoms with Gasteiger partial charge < -0.3 is 0 Å². The van der Waals surface area contributed by atoms with Crippen molar-refractivity contribution in [3.05, 3.63) is 35.5 Å². The highest BCUT2D eigenvalue weighted by atomic mass is 16.1. The Labute approximate surface area is 65.1 Å². The van der Waals surface area contributed by atoms with Gasteiger partial charge in [0.1, 0.15) is 0 Å². The third-order valence-electron chi connectivity index (χ3n) is 2.84. The fourth-order valence-corrected chi connectivity index (χ4v) is 2.16. The lowest BCUT2D eigenvalue weighted by molar-refractivity contribution is -0.118. The van der Waals surface area contributed by atoms with Crippen LogP contribution in [-0.4, -0.2) is 5.78 Å². The van der Waals surface area contributed by atoms with Crippen LogP contribution in [0.3, 0.4) is 0 Å². The van der Waals surface area contributed by atoms with Crippen LogP contribution in [-0.2, 0) is 4.79 Å². The molecule has 1 nitrogen and oxygen atoms in total. The molecule has 3 aliphatic rings. The topological polar surface area (TPSA) is 17.1 Å². The van der Waals surface area contributed by atoms with Crippen LogP contribution in [0.2, 0.25) is 0 Å². The zero-order chi connectivity index (χ0) is 7.42. The molecule has 3 rings (SSSR count). The van der Waals surface area contributed by atoms with E-state index in [1.165, 1.54) is 5.57 Å². The molecule has 2 atom stereocenters. The number of fused-ring (bicyclic) bond motifs is 2. The maximum atomic E-state index is 11.5. The Balaban J connectivity index is 2.17. The number of rotatable bonds is 0. The monoisotopic (exact) mass is 144 g/mol. The number of ketones is 1. The van der Waals surface area contributed by atoms with E-state index in [-0.39, 0.29) is 5.92 Å². The molecule has 0 heterocycles. The maximum absolute atomic E-state index is 11.5. The Hall–Kier alpha value is -1.11. The summed E-state index contributed by atoms with van der Waals surface area (Å²) in [5.74, 6) is 1.05. The standard InChI is InChI=1S/C10H8O/c11-10-8-3-1-2-6(8)7-4-5-9(7)10/h1-2,4-5,7,9H,3H2. The maximum Gasteiger partial charge on any atom is 0.167 e. The lowest BCUT2D eigenvalue weighted by Crippen LogP contribution is -2.21. The molecule has 0 bridgehead atoms. The average Bonchev–Trinajstić information content (AvgIpc) is 2.38. The molecule has 0 fully saturated rings. The Morgan fingerprint density at radius 3 is 2.82 bits per heavy atom. The van der Waals surface area contributed by atoms with E-state index in [9.17, 15) is 4.79 Å². The third kappa shape index (κ3) is 0.472. The molecule has 0 saturated carbocycles. The van der Waals surface area contributed by atoms with Crippen molar-refractivity contribution < 1.29 is 4.79 Å². The van der Waals surface area contributed by atoms with E-state index in [4.69, 9.17) is 0 Å². The van der Waals surface area contributed by atoms with Gasteiger partial charge in [-0.1, -0.05) is 24.3 Å². The van der Waals surface area contributed by atoms with Crippen molar-refractivity contribution in [1.82, 2.24) is 0 Å². The molecule has 0 aromatic heterocycles. The van der Waals surface area contributed by atoms with E-state index >= 15 is 0 Å². The molecule has 1 heteroatoms. The number of allylic oxidation sites excluding steroid dienone is 6. The highest BCUT2D eigenvalue weighted by Crippen LogP contribution is 2.46. The molecule has 3 aliphatic carbocycles. The van der Waals surface area contributed by atoms with Gasteiger partial charge in [0.05, 0.1) is 5.92 Å². The van der Waals surface area contributed by atoms with E-state index in [0.717, 1.165) is 12.0 Å². The largest absolute Gasteiger partial charge is 0.294 e. The number of Topliss-reactive ketones (excluding diaryl/α,β-unsaturated/α-hetero) is 1. The van der Waals surface area contributed by atoms with Crippen LogP contribution in [0.4, 0.5) is 0 Å². The first-order valence-corrected chi connectivity index (χ1v) is 4.00. The molecule has 0 aliphatic heterocycles.